The normalized spacial score (nSPS) is 10.7. The lowest BCUT2D eigenvalue weighted by Gasteiger charge is -2.14. The topological polar surface area (TPSA) is 59.3 Å². The maximum absolute atomic E-state index is 12.7. The van der Waals surface area contributed by atoms with E-state index in [0.717, 1.165) is 13.2 Å². The third-order valence-electron chi connectivity index (χ3n) is 2.26. The number of nitriles is 1. The largest absolute Gasteiger partial charge is 0.496 e. The highest BCUT2D eigenvalue weighted by molar-refractivity contribution is 5.93. The number of alkyl halides is 3. The summed E-state index contributed by atoms with van der Waals surface area (Å²) in [5.41, 5.74) is -1.78. The van der Waals surface area contributed by atoms with Crippen molar-refractivity contribution in [2.24, 2.45) is 0 Å². The van der Waals surface area contributed by atoms with Gasteiger partial charge in [0.25, 0.3) is 0 Å². The Morgan fingerprint density at radius 1 is 1.42 bits per heavy atom. The molecule has 0 N–H and O–H groups in total. The van der Waals surface area contributed by atoms with E-state index in [9.17, 15) is 18.0 Å². The van der Waals surface area contributed by atoms with E-state index in [1.54, 1.807) is 13.0 Å². The van der Waals surface area contributed by atoms with Crippen molar-refractivity contribution in [3.05, 3.63) is 28.8 Å². The summed E-state index contributed by atoms with van der Waals surface area (Å²) in [7, 11) is 1.05. The van der Waals surface area contributed by atoms with Crippen LogP contribution in [0, 0.1) is 11.3 Å². The van der Waals surface area contributed by atoms with E-state index in [0.29, 0.717) is 6.07 Å². The summed E-state index contributed by atoms with van der Waals surface area (Å²) in [5, 5.41) is 8.82. The Morgan fingerprint density at radius 3 is 2.47 bits per heavy atom. The first kappa shape index (κ1) is 14.8. The number of hydrogen-bond donors (Lipinski definition) is 0. The van der Waals surface area contributed by atoms with Crippen molar-refractivity contribution < 1.29 is 27.4 Å². The van der Waals surface area contributed by atoms with Gasteiger partial charge < -0.3 is 9.47 Å². The Labute approximate surface area is 107 Å². The van der Waals surface area contributed by atoms with Gasteiger partial charge in [-0.1, -0.05) is 0 Å². The van der Waals surface area contributed by atoms with Crippen LogP contribution in [0.5, 0.6) is 5.75 Å². The second kappa shape index (κ2) is 5.61. The quantitative estimate of drug-likeness (QED) is 0.794. The zero-order valence-corrected chi connectivity index (χ0v) is 10.2. The molecule has 0 atom stereocenters. The van der Waals surface area contributed by atoms with Crippen molar-refractivity contribution in [2.75, 3.05) is 13.7 Å². The Morgan fingerprint density at radius 2 is 2.05 bits per heavy atom. The second-order valence-electron chi connectivity index (χ2n) is 3.43. The van der Waals surface area contributed by atoms with Crippen molar-refractivity contribution in [3.8, 4) is 11.8 Å². The minimum Gasteiger partial charge on any atom is -0.496 e. The lowest BCUT2D eigenvalue weighted by atomic mass is 10.0. The average Bonchev–Trinajstić information content (AvgIpc) is 2.36. The number of esters is 1. The summed E-state index contributed by atoms with van der Waals surface area (Å²) in [6.07, 6.45) is -4.68. The van der Waals surface area contributed by atoms with E-state index in [1.165, 1.54) is 0 Å². The lowest BCUT2D eigenvalue weighted by Crippen LogP contribution is -2.12. The molecule has 0 aliphatic heterocycles. The molecule has 0 bridgehead atoms. The Hall–Kier alpha value is -2.23. The van der Waals surface area contributed by atoms with Gasteiger partial charge in [0.05, 0.1) is 30.4 Å². The van der Waals surface area contributed by atoms with Crippen LogP contribution in [0.25, 0.3) is 0 Å². The Bertz CT molecular complexity index is 532. The number of hydrogen-bond acceptors (Lipinski definition) is 4. The number of benzene rings is 1. The van der Waals surface area contributed by atoms with Gasteiger partial charge in [-0.3, -0.25) is 0 Å². The van der Waals surface area contributed by atoms with E-state index >= 15 is 0 Å². The molecule has 102 valence electrons. The predicted octanol–water partition coefficient (Wildman–Crippen LogP) is 2.76. The van der Waals surface area contributed by atoms with E-state index in [-0.39, 0.29) is 12.2 Å². The first-order chi connectivity index (χ1) is 8.85. The number of halogens is 3. The predicted molar refractivity (Wildman–Crippen MR) is 58.7 cm³/mol. The molecule has 0 amide bonds. The number of carbonyl (C=O) groups excluding carboxylic acids is 1. The average molecular weight is 273 g/mol. The minimum absolute atomic E-state index is 0.0487. The van der Waals surface area contributed by atoms with Crippen LogP contribution in [-0.4, -0.2) is 19.7 Å². The number of rotatable bonds is 3. The second-order valence-corrected chi connectivity index (χ2v) is 3.43. The maximum Gasteiger partial charge on any atom is 0.420 e. The monoisotopic (exact) mass is 273 g/mol. The maximum atomic E-state index is 12.7. The minimum atomic E-state index is -4.68. The van der Waals surface area contributed by atoms with E-state index < -0.39 is 29.0 Å². The molecule has 0 radical (unpaired) electrons. The molecule has 0 saturated heterocycles. The fraction of sp³-hybridized carbons (Fsp3) is 0.333. The van der Waals surface area contributed by atoms with Gasteiger partial charge in [-0.25, -0.2) is 4.79 Å². The molecular weight excluding hydrogens is 263 g/mol. The molecular formula is C12H10F3NO3. The zero-order valence-electron chi connectivity index (χ0n) is 10.2. The van der Waals surface area contributed by atoms with Gasteiger partial charge in [0.1, 0.15) is 11.8 Å². The molecule has 0 aliphatic carbocycles. The van der Waals surface area contributed by atoms with Crippen molar-refractivity contribution in [1.82, 2.24) is 0 Å². The van der Waals surface area contributed by atoms with Crippen LogP contribution >= 0.6 is 0 Å². The van der Waals surface area contributed by atoms with E-state index in [2.05, 4.69) is 9.47 Å². The number of carbonyl (C=O) groups is 1. The van der Waals surface area contributed by atoms with Gasteiger partial charge in [0, 0.05) is 0 Å². The summed E-state index contributed by atoms with van der Waals surface area (Å²) in [6.45, 7) is 1.60. The van der Waals surface area contributed by atoms with Crippen LogP contribution < -0.4 is 4.74 Å². The standard InChI is InChI=1S/C12H10F3NO3/c1-3-19-11(17)8-5-10(18-2)9(12(13,14)15)4-7(8)6-16/h4-5H,3H2,1-2H3. The lowest BCUT2D eigenvalue weighted by molar-refractivity contribution is -0.138. The molecule has 1 rings (SSSR count). The molecule has 0 aromatic heterocycles. The van der Waals surface area contributed by atoms with Crippen LogP contribution in [-0.2, 0) is 10.9 Å². The Balaban J connectivity index is 3.45. The molecule has 0 aliphatic rings. The van der Waals surface area contributed by atoms with Crippen LogP contribution in [0.1, 0.15) is 28.4 Å². The number of ether oxygens (including phenoxy) is 2. The van der Waals surface area contributed by atoms with Crippen LogP contribution in [0.2, 0.25) is 0 Å². The first-order valence-corrected chi connectivity index (χ1v) is 5.21. The zero-order chi connectivity index (χ0) is 14.6. The number of methoxy groups -OCH3 is 1. The fourth-order valence-corrected chi connectivity index (χ4v) is 1.44. The van der Waals surface area contributed by atoms with Gasteiger partial charge in [0.2, 0.25) is 0 Å². The molecule has 0 fully saturated rings. The molecule has 0 unspecified atom stereocenters. The first-order valence-electron chi connectivity index (χ1n) is 5.21. The van der Waals surface area contributed by atoms with Crippen LogP contribution in [0.3, 0.4) is 0 Å². The van der Waals surface area contributed by atoms with E-state index in [4.69, 9.17) is 5.26 Å². The number of nitrogens with zero attached hydrogens (tertiary/aromatic N) is 1. The van der Waals surface area contributed by atoms with Gasteiger partial charge >= 0.3 is 12.1 Å². The molecule has 0 spiro atoms. The SMILES string of the molecule is CCOC(=O)c1cc(OC)c(C(F)(F)F)cc1C#N. The molecule has 19 heavy (non-hydrogen) atoms. The van der Waals surface area contributed by atoms with Gasteiger partial charge in [-0.15, -0.1) is 0 Å². The van der Waals surface area contributed by atoms with Gasteiger partial charge in [-0.2, -0.15) is 18.4 Å². The molecule has 0 saturated carbocycles. The van der Waals surface area contributed by atoms with Crippen molar-refractivity contribution in [1.29, 1.82) is 5.26 Å². The Kier molecular flexibility index (Phi) is 4.38. The van der Waals surface area contributed by atoms with Crippen molar-refractivity contribution in [3.63, 3.8) is 0 Å². The summed E-state index contributed by atoms with van der Waals surface area (Å²) in [4.78, 5) is 11.5. The summed E-state index contributed by atoms with van der Waals surface area (Å²) < 4.78 is 47.5. The van der Waals surface area contributed by atoms with Gasteiger partial charge in [-0.05, 0) is 19.1 Å². The highest BCUT2D eigenvalue weighted by Crippen LogP contribution is 2.37. The summed E-state index contributed by atoms with van der Waals surface area (Å²) in [5.74, 6) is -1.40. The van der Waals surface area contributed by atoms with Crippen molar-refractivity contribution in [2.45, 2.75) is 13.1 Å². The van der Waals surface area contributed by atoms with Crippen LogP contribution in [0.15, 0.2) is 12.1 Å². The van der Waals surface area contributed by atoms with Crippen LogP contribution in [0.4, 0.5) is 13.2 Å². The highest BCUT2D eigenvalue weighted by Gasteiger charge is 2.36. The molecule has 4 nitrogen and oxygen atoms in total. The highest BCUT2D eigenvalue weighted by atomic mass is 19.4. The molecule has 1 aromatic carbocycles. The fourth-order valence-electron chi connectivity index (χ4n) is 1.44. The molecule has 7 heteroatoms. The molecule has 0 heterocycles. The summed E-state index contributed by atoms with van der Waals surface area (Å²) >= 11 is 0. The third kappa shape index (κ3) is 3.16. The summed E-state index contributed by atoms with van der Waals surface area (Å²) in [6, 6.07) is 2.98. The third-order valence-corrected chi connectivity index (χ3v) is 2.26. The smallest absolute Gasteiger partial charge is 0.420 e. The molecule has 1 aromatic rings. The van der Waals surface area contributed by atoms with Crippen molar-refractivity contribution >= 4 is 5.97 Å². The van der Waals surface area contributed by atoms with E-state index in [1.807, 2.05) is 0 Å². The van der Waals surface area contributed by atoms with Gasteiger partial charge in [0.15, 0.2) is 0 Å².